The van der Waals surface area contributed by atoms with Gasteiger partial charge in [0, 0.05) is 6.54 Å². The van der Waals surface area contributed by atoms with E-state index in [4.69, 9.17) is 4.74 Å². The minimum atomic E-state index is -0.320. The third-order valence-electron chi connectivity index (χ3n) is 3.90. The Morgan fingerprint density at radius 2 is 2.00 bits per heavy atom. The zero-order chi connectivity index (χ0) is 16.6. The first-order valence-corrected chi connectivity index (χ1v) is 7.58. The van der Waals surface area contributed by atoms with Crippen molar-refractivity contribution >= 4 is 5.91 Å². The first kappa shape index (κ1) is 15.6. The number of rotatable bonds is 2. The molecule has 0 N–H and O–H groups in total. The average Bonchev–Trinajstić information content (AvgIpc) is 2.92. The number of hydrogen-bond acceptors (Lipinski definition) is 4. The van der Waals surface area contributed by atoms with Crippen LogP contribution in [0.2, 0.25) is 0 Å². The lowest BCUT2D eigenvalue weighted by molar-refractivity contribution is -0.0391. The molecule has 1 fully saturated rings. The smallest absolute Gasteiger partial charge is 0.293 e. The summed E-state index contributed by atoms with van der Waals surface area (Å²) in [6.45, 7) is 6.66. The first-order valence-electron chi connectivity index (χ1n) is 7.58. The number of halogens is 1. The summed E-state index contributed by atoms with van der Waals surface area (Å²) in [5, 5.41) is 4.30. The number of hydrogen-bond donors (Lipinski definition) is 0. The molecule has 1 saturated heterocycles. The van der Waals surface area contributed by atoms with Crippen LogP contribution in [0.25, 0.3) is 5.69 Å². The minimum absolute atomic E-state index is 0.00423. The minimum Gasteiger partial charge on any atom is -0.375 e. The molecule has 2 atom stereocenters. The maximum atomic E-state index is 13.0. The van der Waals surface area contributed by atoms with Crippen molar-refractivity contribution < 1.29 is 13.9 Å². The van der Waals surface area contributed by atoms with Gasteiger partial charge in [0.05, 0.1) is 24.4 Å². The molecule has 7 heteroatoms. The molecule has 6 nitrogen and oxygen atoms in total. The predicted molar refractivity (Wildman–Crippen MR) is 82.0 cm³/mol. The van der Waals surface area contributed by atoms with Gasteiger partial charge in [-0.05, 0) is 45.0 Å². The van der Waals surface area contributed by atoms with Crippen LogP contribution in [0.3, 0.4) is 0 Å². The third-order valence-corrected chi connectivity index (χ3v) is 3.90. The quantitative estimate of drug-likeness (QED) is 0.849. The zero-order valence-electron chi connectivity index (χ0n) is 13.4. The average molecular weight is 318 g/mol. The van der Waals surface area contributed by atoms with Crippen molar-refractivity contribution in [3.8, 4) is 5.69 Å². The van der Waals surface area contributed by atoms with Crippen molar-refractivity contribution in [2.75, 3.05) is 13.2 Å². The lowest BCUT2D eigenvalue weighted by Gasteiger charge is -2.36. The monoisotopic (exact) mass is 318 g/mol. The van der Waals surface area contributed by atoms with Crippen LogP contribution >= 0.6 is 0 Å². The number of benzene rings is 1. The van der Waals surface area contributed by atoms with Gasteiger partial charge in [0.2, 0.25) is 5.82 Å². The number of morpholine rings is 1. The molecule has 2 heterocycles. The number of carbonyl (C=O) groups is 1. The Bertz CT molecular complexity index is 713. The van der Waals surface area contributed by atoms with Crippen LogP contribution in [0.1, 0.15) is 30.3 Å². The van der Waals surface area contributed by atoms with Gasteiger partial charge in [-0.15, -0.1) is 5.10 Å². The molecular formula is C16H19FN4O2. The lowest BCUT2D eigenvalue weighted by Crippen LogP contribution is -2.50. The number of aromatic nitrogens is 3. The van der Waals surface area contributed by atoms with Crippen LogP contribution in [0.5, 0.6) is 0 Å². The van der Waals surface area contributed by atoms with Gasteiger partial charge in [-0.2, -0.15) is 0 Å². The van der Waals surface area contributed by atoms with Crippen molar-refractivity contribution in [2.45, 2.75) is 32.9 Å². The normalized spacial score (nSPS) is 21.5. The summed E-state index contributed by atoms with van der Waals surface area (Å²) in [6.07, 6.45) is -0.00423. The van der Waals surface area contributed by atoms with Crippen molar-refractivity contribution in [3.05, 3.63) is 41.7 Å². The van der Waals surface area contributed by atoms with Crippen molar-refractivity contribution in [2.24, 2.45) is 0 Å². The predicted octanol–water partition coefficient (Wildman–Crippen LogP) is 1.96. The molecular weight excluding hydrogens is 299 g/mol. The molecule has 0 bridgehead atoms. The van der Waals surface area contributed by atoms with E-state index >= 15 is 0 Å². The number of carbonyl (C=O) groups excluding carboxylic acids is 1. The molecule has 122 valence electrons. The van der Waals surface area contributed by atoms with Crippen LogP contribution in [0.15, 0.2) is 24.3 Å². The SMILES string of the molecule is Cc1nc(C(=O)N2CC(C)OCC2C)nn1-c1ccc(F)cc1. The molecule has 23 heavy (non-hydrogen) atoms. The highest BCUT2D eigenvalue weighted by Crippen LogP contribution is 2.16. The Morgan fingerprint density at radius 3 is 2.70 bits per heavy atom. The molecule has 1 aromatic carbocycles. The van der Waals surface area contributed by atoms with Crippen LogP contribution in [0, 0.1) is 12.7 Å². The van der Waals surface area contributed by atoms with Gasteiger partial charge in [-0.1, -0.05) is 0 Å². The molecule has 1 aliphatic rings. The molecule has 0 saturated carbocycles. The van der Waals surface area contributed by atoms with E-state index in [-0.39, 0.29) is 29.7 Å². The van der Waals surface area contributed by atoms with Crippen LogP contribution in [-0.2, 0) is 4.74 Å². The maximum absolute atomic E-state index is 13.0. The van der Waals surface area contributed by atoms with Gasteiger partial charge in [0.25, 0.3) is 5.91 Å². The third kappa shape index (κ3) is 3.10. The second-order valence-electron chi connectivity index (χ2n) is 5.82. The topological polar surface area (TPSA) is 60.3 Å². The summed E-state index contributed by atoms with van der Waals surface area (Å²) in [5.74, 6) is 0.192. The van der Waals surface area contributed by atoms with Gasteiger partial charge in [-0.3, -0.25) is 4.79 Å². The highest BCUT2D eigenvalue weighted by molar-refractivity contribution is 5.90. The second kappa shape index (κ2) is 6.08. The Labute approximate surface area is 133 Å². The molecule has 1 aliphatic heterocycles. The Kier molecular flexibility index (Phi) is 4.12. The molecule has 3 rings (SSSR count). The van der Waals surface area contributed by atoms with Gasteiger partial charge in [0.1, 0.15) is 11.6 Å². The molecule has 0 spiro atoms. The molecule has 0 radical (unpaired) electrons. The first-order chi connectivity index (χ1) is 11.0. The zero-order valence-corrected chi connectivity index (χ0v) is 13.4. The van der Waals surface area contributed by atoms with Crippen LogP contribution in [0.4, 0.5) is 4.39 Å². The summed E-state index contributed by atoms with van der Waals surface area (Å²) in [7, 11) is 0. The molecule has 2 aromatic rings. The fourth-order valence-corrected chi connectivity index (χ4v) is 2.62. The standard InChI is InChI=1S/C16H19FN4O2/c1-10-9-23-11(2)8-20(10)16(22)15-18-12(3)21(19-15)14-6-4-13(17)5-7-14/h4-7,10-11H,8-9H2,1-3H3. The summed E-state index contributed by atoms with van der Waals surface area (Å²) in [5.41, 5.74) is 0.666. The van der Waals surface area contributed by atoms with Crippen molar-refractivity contribution in [3.63, 3.8) is 0 Å². The Hall–Kier alpha value is -2.28. The summed E-state index contributed by atoms with van der Waals surface area (Å²) >= 11 is 0. The Balaban J connectivity index is 1.88. The van der Waals surface area contributed by atoms with Gasteiger partial charge >= 0.3 is 0 Å². The van der Waals surface area contributed by atoms with Crippen molar-refractivity contribution in [1.82, 2.24) is 19.7 Å². The Morgan fingerprint density at radius 1 is 1.30 bits per heavy atom. The molecule has 1 amide bonds. The summed E-state index contributed by atoms with van der Waals surface area (Å²) in [4.78, 5) is 18.7. The largest absolute Gasteiger partial charge is 0.375 e. The fourth-order valence-electron chi connectivity index (χ4n) is 2.62. The number of ether oxygens (including phenoxy) is 1. The van der Waals surface area contributed by atoms with Crippen LogP contribution < -0.4 is 0 Å². The van der Waals surface area contributed by atoms with Gasteiger partial charge < -0.3 is 9.64 Å². The van der Waals surface area contributed by atoms with Gasteiger partial charge in [-0.25, -0.2) is 14.1 Å². The number of aryl methyl sites for hydroxylation is 1. The van der Waals surface area contributed by atoms with E-state index in [0.717, 1.165) is 0 Å². The van der Waals surface area contributed by atoms with E-state index < -0.39 is 0 Å². The highest BCUT2D eigenvalue weighted by atomic mass is 19.1. The fraction of sp³-hybridized carbons (Fsp3) is 0.438. The van der Waals surface area contributed by atoms with Crippen LogP contribution in [-0.4, -0.2) is 50.9 Å². The molecule has 2 unspecified atom stereocenters. The lowest BCUT2D eigenvalue weighted by atomic mass is 10.2. The number of nitrogens with zero attached hydrogens (tertiary/aromatic N) is 4. The second-order valence-corrected chi connectivity index (χ2v) is 5.82. The van der Waals surface area contributed by atoms with E-state index in [1.54, 1.807) is 28.6 Å². The van der Waals surface area contributed by atoms with Crippen molar-refractivity contribution in [1.29, 1.82) is 0 Å². The van der Waals surface area contributed by atoms with E-state index in [0.29, 0.717) is 24.7 Å². The summed E-state index contributed by atoms with van der Waals surface area (Å²) < 4.78 is 20.1. The van der Waals surface area contributed by atoms with Gasteiger partial charge in [0.15, 0.2) is 0 Å². The highest BCUT2D eigenvalue weighted by Gasteiger charge is 2.30. The van der Waals surface area contributed by atoms with E-state index in [1.807, 2.05) is 13.8 Å². The summed E-state index contributed by atoms with van der Waals surface area (Å²) in [6, 6.07) is 5.89. The maximum Gasteiger partial charge on any atom is 0.293 e. The van der Waals surface area contributed by atoms with E-state index in [9.17, 15) is 9.18 Å². The molecule has 0 aliphatic carbocycles. The van der Waals surface area contributed by atoms with E-state index in [2.05, 4.69) is 10.1 Å². The molecule has 1 aromatic heterocycles. The number of amides is 1. The van der Waals surface area contributed by atoms with E-state index in [1.165, 1.54) is 12.1 Å².